The topological polar surface area (TPSA) is 86.9 Å². The van der Waals surface area contributed by atoms with Gasteiger partial charge in [-0.1, -0.05) is 5.16 Å². The van der Waals surface area contributed by atoms with Gasteiger partial charge in [0.25, 0.3) is 5.91 Å². The summed E-state index contributed by atoms with van der Waals surface area (Å²) in [4.78, 5) is 28.9. The molecule has 1 spiro atoms. The Morgan fingerprint density at radius 1 is 1.38 bits per heavy atom. The van der Waals surface area contributed by atoms with Crippen molar-refractivity contribution in [2.75, 3.05) is 32.8 Å². The van der Waals surface area contributed by atoms with Gasteiger partial charge < -0.3 is 19.4 Å². The van der Waals surface area contributed by atoms with Crippen molar-refractivity contribution in [1.29, 1.82) is 0 Å². The number of hydrogen-bond acceptors (Lipinski definition) is 5. The van der Waals surface area contributed by atoms with Gasteiger partial charge in [0.2, 0.25) is 11.7 Å². The maximum atomic E-state index is 12.8. The molecule has 0 bridgehead atoms. The van der Waals surface area contributed by atoms with Crippen molar-refractivity contribution in [3.63, 3.8) is 0 Å². The van der Waals surface area contributed by atoms with Crippen LogP contribution in [0.5, 0.6) is 0 Å². The number of aliphatic hydroxyl groups is 1. The minimum atomic E-state index is -0.484. The van der Waals surface area contributed by atoms with Crippen molar-refractivity contribution < 1.29 is 19.2 Å². The number of nitrogens with zero attached hydrogens (tertiary/aromatic N) is 3. The molecule has 1 aromatic rings. The van der Waals surface area contributed by atoms with E-state index in [0.29, 0.717) is 38.5 Å². The second kappa shape index (κ2) is 5.88. The summed E-state index contributed by atoms with van der Waals surface area (Å²) in [6.45, 7) is 2.05. The molecule has 130 valence electrons. The molecule has 24 heavy (non-hydrogen) atoms. The fourth-order valence-electron chi connectivity index (χ4n) is 4.03. The highest BCUT2D eigenvalue weighted by molar-refractivity contribution is 5.93. The van der Waals surface area contributed by atoms with Crippen LogP contribution < -0.4 is 0 Å². The van der Waals surface area contributed by atoms with Gasteiger partial charge in [-0.3, -0.25) is 9.59 Å². The number of likely N-dealkylation sites (tertiary alicyclic amines) is 2. The highest BCUT2D eigenvalue weighted by Crippen LogP contribution is 2.41. The van der Waals surface area contributed by atoms with Gasteiger partial charge in [0, 0.05) is 38.2 Å². The summed E-state index contributed by atoms with van der Waals surface area (Å²) < 4.78 is 5.23. The quantitative estimate of drug-likeness (QED) is 0.888. The molecular formula is C17H23N3O4. The Morgan fingerprint density at radius 2 is 2.21 bits per heavy atom. The minimum Gasteiger partial charge on any atom is -0.395 e. The summed E-state index contributed by atoms with van der Waals surface area (Å²) in [6.07, 6.45) is 4.64. The number of β-amino-alcohol motifs (C(OH)–C–C–N with tert-alkyl or cyclic N) is 1. The van der Waals surface area contributed by atoms with Gasteiger partial charge in [0.1, 0.15) is 0 Å². The Hall–Kier alpha value is -1.89. The smallest absolute Gasteiger partial charge is 0.292 e. The molecule has 1 aliphatic carbocycles. The fourth-order valence-corrected chi connectivity index (χ4v) is 4.03. The number of hydrogen-bond donors (Lipinski definition) is 1. The number of aromatic nitrogens is 1. The van der Waals surface area contributed by atoms with Gasteiger partial charge in [-0.15, -0.1) is 0 Å². The molecule has 0 aromatic carbocycles. The number of aliphatic hydroxyl groups excluding tert-OH is 1. The van der Waals surface area contributed by atoms with Crippen LogP contribution in [-0.4, -0.2) is 64.7 Å². The van der Waals surface area contributed by atoms with E-state index in [4.69, 9.17) is 9.63 Å². The summed E-state index contributed by atoms with van der Waals surface area (Å²) in [5.74, 6) is 0.643. The van der Waals surface area contributed by atoms with Crippen molar-refractivity contribution in [2.45, 2.75) is 38.0 Å². The van der Waals surface area contributed by atoms with Crippen molar-refractivity contribution in [3.8, 4) is 0 Å². The maximum Gasteiger partial charge on any atom is 0.292 e. The van der Waals surface area contributed by atoms with E-state index >= 15 is 0 Å². The van der Waals surface area contributed by atoms with Gasteiger partial charge in [0.05, 0.1) is 17.7 Å². The molecule has 1 atom stereocenters. The first-order valence-electron chi connectivity index (χ1n) is 8.79. The summed E-state index contributed by atoms with van der Waals surface area (Å²) >= 11 is 0. The molecule has 1 N–H and O–H groups in total. The van der Waals surface area contributed by atoms with Crippen LogP contribution in [0.3, 0.4) is 0 Å². The van der Waals surface area contributed by atoms with Gasteiger partial charge >= 0.3 is 0 Å². The predicted molar refractivity (Wildman–Crippen MR) is 84.3 cm³/mol. The van der Waals surface area contributed by atoms with Crippen molar-refractivity contribution >= 4 is 11.8 Å². The lowest BCUT2D eigenvalue weighted by atomic mass is 9.78. The lowest BCUT2D eigenvalue weighted by molar-refractivity contribution is -0.146. The Kier molecular flexibility index (Phi) is 3.83. The van der Waals surface area contributed by atoms with Gasteiger partial charge in [-0.2, -0.15) is 0 Å². The number of amides is 2. The Morgan fingerprint density at radius 3 is 2.96 bits per heavy atom. The van der Waals surface area contributed by atoms with E-state index in [-0.39, 0.29) is 24.2 Å². The van der Waals surface area contributed by atoms with Crippen LogP contribution in [-0.2, 0) is 4.79 Å². The Balaban J connectivity index is 1.46. The SMILES string of the molecule is O=C(c1cc(C2CC2)no1)N1CC[C@@]2(CCCN(CCO)C2=O)C1. The first kappa shape index (κ1) is 15.6. The third-order valence-corrected chi connectivity index (χ3v) is 5.57. The van der Waals surface area contributed by atoms with E-state index in [0.717, 1.165) is 31.4 Å². The molecule has 1 aromatic heterocycles. The van der Waals surface area contributed by atoms with Gasteiger partial charge in [-0.05, 0) is 32.1 Å². The first-order chi connectivity index (χ1) is 11.6. The van der Waals surface area contributed by atoms with E-state index in [1.165, 1.54) is 0 Å². The summed E-state index contributed by atoms with van der Waals surface area (Å²) in [6, 6.07) is 1.76. The molecule has 1 saturated carbocycles. The predicted octanol–water partition coefficient (Wildman–Crippen LogP) is 0.999. The molecule has 3 aliphatic rings. The molecule has 7 nitrogen and oxygen atoms in total. The van der Waals surface area contributed by atoms with Crippen LogP contribution >= 0.6 is 0 Å². The molecule has 0 unspecified atom stereocenters. The second-order valence-electron chi connectivity index (χ2n) is 7.27. The van der Waals surface area contributed by atoms with E-state index in [1.54, 1.807) is 15.9 Å². The molecule has 2 aliphatic heterocycles. The zero-order chi connectivity index (χ0) is 16.7. The Bertz CT molecular complexity index is 652. The van der Waals surface area contributed by atoms with Crippen molar-refractivity contribution in [1.82, 2.24) is 15.0 Å². The van der Waals surface area contributed by atoms with Crippen molar-refractivity contribution in [3.05, 3.63) is 17.5 Å². The monoisotopic (exact) mass is 333 g/mol. The molecule has 2 saturated heterocycles. The van der Waals surface area contributed by atoms with Crippen LogP contribution in [0.4, 0.5) is 0 Å². The number of carbonyl (C=O) groups is 2. The third kappa shape index (κ3) is 2.60. The van der Waals surface area contributed by atoms with Crippen LogP contribution in [0.2, 0.25) is 0 Å². The summed E-state index contributed by atoms with van der Waals surface area (Å²) in [7, 11) is 0. The number of carbonyl (C=O) groups excluding carboxylic acids is 2. The van der Waals surface area contributed by atoms with E-state index in [2.05, 4.69) is 5.16 Å². The normalized spacial score (nSPS) is 27.3. The van der Waals surface area contributed by atoms with Crippen LogP contribution in [0, 0.1) is 5.41 Å². The van der Waals surface area contributed by atoms with Crippen LogP contribution in [0.15, 0.2) is 10.6 Å². The molecule has 3 fully saturated rings. The molecular weight excluding hydrogens is 310 g/mol. The van der Waals surface area contributed by atoms with Crippen LogP contribution in [0.25, 0.3) is 0 Å². The molecule has 3 heterocycles. The molecule has 7 heteroatoms. The zero-order valence-electron chi connectivity index (χ0n) is 13.7. The largest absolute Gasteiger partial charge is 0.395 e. The third-order valence-electron chi connectivity index (χ3n) is 5.57. The van der Waals surface area contributed by atoms with E-state index in [9.17, 15) is 9.59 Å². The average Bonchev–Trinajstić information content (AvgIpc) is 3.16. The Labute approximate surface area is 140 Å². The lowest BCUT2D eigenvalue weighted by Crippen LogP contribution is -2.51. The highest BCUT2D eigenvalue weighted by atomic mass is 16.5. The molecule has 0 radical (unpaired) electrons. The molecule has 4 rings (SSSR count). The maximum absolute atomic E-state index is 12.8. The van der Waals surface area contributed by atoms with E-state index < -0.39 is 5.41 Å². The number of rotatable bonds is 4. The van der Waals surface area contributed by atoms with Gasteiger partial charge in [0.15, 0.2) is 0 Å². The van der Waals surface area contributed by atoms with Crippen LogP contribution in [0.1, 0.15) is 54.3 Å². The fraction of sp³-hybridized carbons (Fsp3) is 0.706. The zero-order valence-corrected chi connectivity index (χ0v) is 13.7. The first-order valence-corrected chi connectivity index (χ1v) is 8.79. The highest BCUT2D eigenvalue weighted by Gasteiger charge is 2.49. The summed E-state index contributed by atoms with van der Waals surface area (Å²) in [5.41, 5.74) is 0.387. The van der Waals surface area contributed by atoms with Crippen molar-refractivity contribution in [2.24, 2.45) is 5.41 Å². The van der Waals surface area contributed by atoms with E-state index in [1.807, 2.05) is 0 Å². The second-order valence-corrected chi connectivity index (χ2v) is 7.27. The minimum absolute atomic E-state index is 0.0214. The van der Waals surface area contributed by atoms with Gasteiger partial charge in [-0.25, -0.2) is 0 Å². The number of piperidine rings is 1. The summed E-state index contributed by atoms with van der Waals surface area (Å²) in [5, 5.41) is 13.1. The standard InChI is InChI=1S/C17H23N3O4/c21-9-8-19-6-1-4-17(16(19)23)5-7-20(11-17)15(22)14-10-13(18-24-14)12-2-3-12/h10,12,21H,1-9,11H2/t17-/m0/s1. The lowest BCUT2D eigenvalue weighted by Gasteiger charge is -2.39. The average molecular weight is 333 g/mol. The molecule has 2 amide bonds.